The number of aliphatic carboxylic acids is 2. The van der Waals surface area contributed by atoms with E-state index in [0.29, 0.717) is 6.42 Å². The minimum atomic E-state index is -0.692. The monoisotopic (exact) mass is 476 g/mol. The molecule has 0 amide bonds. The molecule has 5 heteroatoms. The summed E-state index contributed by atoms with van der Waals surface area (Å²) in [6, 6.07) is 6.63. The van der Waals surface area contributed by atoms with E-state index in [1.807, 2.05) is 0 Å². The van der Waals surface area contributed by atoms with Gasteiger partial charge < -0.3 is 14.9 Å². The van der Waals surface area contributed by atoms with Gasteiger partial charge in [0.25, 0.3) is 0 Å². The maximum Gasteiger partial charge on any atom is 0.303 e. The first kappa shape index (κ1) is 30.0. The summed E-state index contributed by atoms with van der Waals surface area (Å²) >= 11 is 0. The highest BCUT2D eigenvalue weighted by Crippen LogP contribution is 2.23. The molecule has 0 aromatic heterocycles. The Morgan fingerprint density at radius 3 is 1.68 bits per heavy atom. The lowest BCUT2D eigenvalue weighted by molar-refractivity contribution is -0.138. The van der Waals surface area contributed by atoms with Gasteiger partial charge in [-0.05, 0) is 68.2 Å². The number of benzene rings is 1. The van der Waals surface area contributed by atoms with Crippen LogP contribution in [0.5, 0.6) is 5.75 Å². The van der Waals surface area contributed by atoms with Gasteiger partial charge in [-0.1, -0.05) is 77.2 Å². The van der Waals surface area contributed by atoms with Gasteiger partial charge in [-0.2, -0.15) is 0 Å². The van der Waals surface area contributed by atoms with Gasteiger partial charge in [0.15, 0.2) is 0 Å². The number of rotatable bonds is 23. The van der Waals surface area contributed by atoms with Crippen LogP contribution in [0.25, 0.3) is 0 Å². The molecule has 0 aliphatic heterocycles. The zero-order valence-corrected chi connectivity index (χ0v) is 21.5. The first-order valence-electron chi connectivity index (χ1n) is 13.7. The molecule has 1 aromatic rings. The number of carbonyl (C=O) groups is 2. The molecular weight excluding hydrogens is 428 g/mol. The largest absolute Gasteiger partial charge is 0.494 e. The topological polar surface area (TPSA) is 83.8 Å². The summed E-state index contributed by atoms with van der Waals surface area (Å²) in [5.74, 6) is -0.395. The summed E-state index contributed by atoms with van der Waals surface area (Å²) in [6.45, 7) is 2.99. The lowest BCUT2D eigenvalue weighted by Gasteiger charge is -2.13. The summed E-state index contributed by atoms with van der Waals surface area (Å²) in [5.41, 5.74) is 2.86. The third-order valence-electron chi connectivity index (χ3n) is 6.37. The van der Waals surface area contributed by atoms with Crippen molar-refractivity contribution in [1.29, 1.82) is 0 Å². The van der Waals surface area contributed by atoms with Crippen molar-refractivity contribution < 1.29 is 24.5 Å². The highest BCUT2D eigenvalue weighted by molar-refractivity contribution is 5.66. The SMILES string of the molecule is CCCCCOc1ccc(CCCCCCCCC(=O)O)c(CCCCCCCCC(=O)O)c1. The van der Waals surface area contributed by atoms with E-state index in [9.17, 15) is 9.59 Å². The van der Waals surface area contributed by atoms with Gasteiger partial charge in [0.05, 0.1) is 6.61 Å². The number of carboxylic acid groups (broad SMARTS) is 2. The molecule has 2 N–H and O–H groups in total. The van der Waals surface area contributed by atoms with Crippen molar-refractivity contribution >= 4 is 11.9 Å². The number of carboxylic acids is 2. The zero-order chi connectivity index (χ0) is 24.9. The lowest BCUT2D eigenvalue weighted by atomic mass is 9.96. The third-order valence-corrected chi connectivity index (χ3v) is 6.37. The van der Waals surface area contributed by atoms with Crippen molar-refractivity contribution in [2.24, 2.45) is 0 Å². The maximum atomic E-state index is 10.6. The Bertz CT molecular complexity index is 670. The van der Waals surface area contributed by atoms with Crippen LogP contribution in [0.4, 0.5) is 0 Å². The minimum absolute atomic E-state index is 0.288. The minimum Gasteiger partial charge on any atom is -0.494 e. The molecule has 0 aliphatic carbocycles. The Labute approximate surface area is 207 Å². The molecule has 1 rings (SSSR count). The Kier molecular flexibility index (Phi) is 17.9. The van der Waals surface area contributed by atoms with Gasteiger partial charge >= 0.3 is 11.9 Å². The average Bonchev–Trinajstić information content (AvgIpc) is 2.80. The summed E-state index contributed by atoms with van der Waals surface area (Å²) in [4.78, 5) is 21.2. The summed E-state index contributed by atoms with van der Waals surface area (Å²) < 4.78 is 6.00. The molecule has 1 aromatic carbocycles. The van der Waals surface area contributed by atoms with Crippen LogP contribution in [-0.2, 0) is 22.4 Å². The van der Waals surface area contributed by atoms with E-state index in [0.717, 1.165) is 76.6 Å². The first-order chi connectivity index (χ1) is 16.5. The van der Waals surface area contributed by atoms with Crippen molar-refractivity contribution in [2.75, 3.05) is 6.61 Å². The predicted octanol–water partition coefficient (Wildman–Crippen LogP) is 7.97. The second-order valence-electron chi connectivity index (χ2n) is 9.52. The van der Waals surface area contributed by atoms with Gasteiger partial charge in [-0.3, -0.25) is 9.59 Å². The normalized spacial score (nSPS) is 11.0. The van der Waals surface area contributed by atoms with E-state index in [4.69, 9.17) is 14.9 Å². The van der Waals surface area contributed by atoms with Gasteiger partial charge in [0.1, 0.15) is 5.75 Å². The standard InChI is InChI=1S/C29H48O5/c1-2-3-16-23-34-27-22-21-25(17-12-8-4-6-10-14-19-28(30)31)26(24-27)18-13-9-5-7-11-15-20-29(32)33/h21-22,24H,2-20,23H2,1H3,(H,30,31)(H,32,33). The molecule has 34 heavy (non-hydrogen) atoms. The van der Waals surface area contributed by atoms with Crippen LogP contribution in [0.3, 0.4) is 0 Å². The molecule has 0 saturated carbocycles. The van der Waals surface area contributed by atoms with Gasteiger partial charge in [-0.15, -0.1) is 0 Å². The number of aryl methyl sites for hydroxylation is 2. The van der Waals surface area contributed by atoms with E-state index in [1.165, 1.54) is 56.1 Å². The van der Waals surface area contributed by atoms with Crippen LogP contribution in [0.2, 0.25) is 0 Å². The highest BCUT2D eigenvalue weighted by atomic mass is 16.5. The number of hydrogen-bond acceptors (Lipinski definition) is 3. The van der Waals surface area contributed by atoms with Crippen LogP contribution >= 0.6 is 0 Å². The van der Waals surface area contributed by atoms with E-state index < -0.39 is 11.9 Å². The summed E-state index contributed by atoms with van der Waals surface area (Å²) in [6.07, 6.45) is 19.1. The van der Waals surface area contributed by atoms with E-state index >= 15 is 0 Å². The van der Waals surface area contributed by atoms with Crippen molar-refractivity contribution in [3.63, 3.8) is 0 Å². The molecule has 0 saturated heterocycles. The third kappa shape index (κ3) is 16.6. The molecule has 0 spiro atoms. The number of hydrogen-bond donors (Lipinski definition) is 2. The molecule has 0 bridgehead atoms. The quantitative estimate of drug-likeness (QED) is 0.156. The maximum absolute atomic E-state index is 10.6. The fraction of sp³-hybridized carbons (Fsp3) is 0.724. The fourth-order valence-corrected chi connectivity index (χ4v) is 4.31. The Hall–Kier alpha value is -2.04. The van der Waals surface area contributed by atoms with Gasteiger partial charge in [0.2, 0.25) is 0 Å². The summed E-state index contributed by atoms with van der Waals surface area (Å²) in [7, 11) is 0. The second-order valence-corrected chi connectivity index (χ2v) is 9.52. The average molecular weight is 477 g/mol. The van der Waals surface area contributed by atoms with Crippen LogP contribution in [0.15, 0.2) is 18.2 Å². The number of unbranched alkanes of at least 4 members (excludes halogenated alkanes) is 12. The van der Waals surface area contributed by atoms with Crippen LogP contribution in [0.1, 0.15) is 127 Å². The molecule has 0 fully saturated rings. The highest BCUT2D eigenvalue weighted by Gasteiger charge is 2.06. The molecule has 0 aliphatic rings. The summed E-state index contributed by atoms with van der Waals surface area (Å²) in [5, 5.41) is 17.4. The Morgan fingerprint density at radius 2 is 1.15 bits per heavy atom. The number of ether oxygens (including phenoxy) is 1. The van der Waals surface area contributed by atoms with Gasteiger partial charge in [-0.25, -0.2) is 0 Å². The van der Waals surface area contributed by atoms with E-state index in [-0.39, 0.29) is 6.42 Å². The van der Waals surface area contributed by atoms with Crippen LogP contribution < -0.4 is 4.74 Å². The molecule has 194 valence electrons. The Morgan fingerprint density at radius 1 is 0.647 bits per heavy atom. The molecule has 5 nitrogen and oxygen atoms in total. The zero-order valence-electron chi connectivity index (χ0n) is 21.5. The fourth-order valence-electron chi connectivity index (χ4n) is 4.31. The van der Waals surface area contributed by atoms with Crippen LogP contribution in [0, 0.1) is 0 Å². The van der Waals surface area contributed by atoms with E-state index in [2.05, 4.69) is 25.1 Å². The predicted molar refractivity (Wildman–Crippen MR) is 139 cm³/mol. The molecule has 0 unspecified atom stereocenters. The molecular formula is C29H48O5. The van der Waals surface area contributed by atoms with Crippen molar-refractivity contribution in [3.8, 4) is 5.75 Å². The smallest absolute Gasteiger partial charge is 0.303 e. The van der Waals surface area contributed by atoms with E-state index in [1.54, 1.807) is 0 Å². The van der Waals surface area contributed by atoms with Crippen LogP contribution in [-0.4, -0.2) is 28.8 Å². The Balaban J connectivity index is 2.41. The molecule has 0 heterocycles. The first-order valence-corrected chi connectivity index (χ1v) is 13.7. The lowest BCUT2D eigenvalue weighted by Crippen LogP contribution is -2.01. The van der Waals surface area contributed by atoms with Crippen molar-refractivity contribution in [2.45, 2.75) is 129 Å². The molecule has 0 atom stereocenters. The second kappa shape index (κ2) is 20.3. The van der Waals surface area contributed by atoms with Crippen molar-refractivity contribution in [1.82, 2.24) is 0 Å². The molecule has 0 radical (unpaired) electrons. The van der Waals surface area contributed by atoms with Crippen molar-refractivity contribution in [3.05, 3.63) is 29.3 Å². The van der Waals surface area contributed by atoms with Gasteiger partial charge in [0, 0.05) is 12.8 Å².